The van der Waals surface area contributed by atoms with Crippen molar-refractivity contribution in [2.45, 2.75) is 26.2 Å². The summed E-state index contributed by atoms with van der Waals surface area (Å²) >= 11 is 18.6. The molecule has 1 aromatic heterocycles. The van der Waals surface area contributed by atoms with Gasteiger partial charge in [0.2, 0.25) is 0 Å². The monoisotopic (exact) mass is 490 g/mol. The molecule has 9 heteroatoms. The zero-order valence-electron chi connectivity index (χ0n) is 17.4. The predicted octanol–water partition coefficient (Wildman–Crippen LogP) is 6.14. The Morgan fingerprint density at radius 2 is 1.59 bits per heavy atom. The van der Waals surface area contributed by atoms with E-state index in [0.717, 1.165) is 24.8 Å². The van der Waals surface area contributed by atoms with Gasteiger partial charge in [-0.2, -0.15) is 5.10 Å². The number of nitrogens with one attached hydrogen (secondary N) is 1. The number of hydrogen-bond donors (Lipinski definition) is 1. The number of amides is 3. The zero-order chi connectivity index (χ0) is 22.8. The topological polar surface area (TPSA) is 67.2 Å². The fourth-order valence-corrected chi connectivity index (χ4v) is 4.43. The lowest BCUT2D eigenvalue weighted by Crippen LogP contribution is -2.45. The molecule has 1 fully saturated rings. The number of carbonyl (C=O) groups excluding carboxylic acids is 2. The Labute approximate surface area is 201 Å². The fraction of sp³-hybridized carbons (Fsp3) is 0.261. The van der Waals surface area contributed by atoms with E-state index < -0.39 is 11.9 Å². The highest BCUT2D eigenvalue weighted by Gasteiger charge is 2.26. The first-order valence-electron chi connectivity index (χ1n) is 10.3. The molecule has 2 aromatic carbocycles. The van der Waals surface area contributed by atoms with Crippen molar-refractivity contribution in [1.29, 1.82) is 0 Å². The smallest absolute Gasteiger partial charge is 0.324 e. The van der Waals surface area contributed by atoms with E-state index in [1.807, 2.05) is 12.1 Å². The Hall–Kier alpha value is -2.54. The molecule has 0 unspecified atom stereocenters. The van der Waals surface area contributed by atoms with Crippen LogP contribution in [0.3, 0.4) is 0 Å². The first kappa shape index (κ1) is 22.6. The van der Waals surface area contributed by atoms with Crippen LogP contribution in [0.1, 0.15) is 35.3 Å². The summed E-state index contributed by atoms with van der Waals surface area (Å²) in [5.41, 5.74) is 2.78. The van der Waals surface area contributed by atoms with Crippen LogP contribution in [0, 0.1) is 6.92 Å². The van der Waals surface area contributed by atoms with Gasteiger partial charge < -0.3 is 4.90 Å². The third kappa shape index (κ3) is 4.63. The van der Waals surface area contributed by atoms with E-state index >= 15 is 0 Å². The highest BCUT2D eigenvalue weighted by molar-refractivity contribution is 6.35. The van der Waals surface area contributed by atoms with E-state index in [1.54, 1.807) is 46.8 Å². The summed E-state index contributed by atoms with van der Waals surface area (Å²) in [6.45, 7) is 3.07. The van der Waals surface area contributed by atoms with Crippen LogP contribution in [0.25, 0.3) is 16.9 Å². The van der Waals surface area contributed by atoms with Gasteiger partial charge in [-0.05, 0) is 56.5 Å². The molecule has 0 bridgehead atoms. The number of nitrogens with zero attached hydrogens (tertiary/aromatic N) is 3. The van der Waals surface area contributed by atoms with Crippen molar-refractivity contribution in [2.24, 2.45) is 0 Å². The van der Waals surface area contributed by atoms with Crippen molar-refractivity contribution in [2.75, 3.05) is 13.1 Å². The van der Waals surface area contributed by atoms with Crippen molar-refractivity contribution in [1.82, 2.24) is 20.0 Å². The number of carbonyl (C=O) groups is 2. The van der Waals surface area contributed by atoms with E-state index in [9.17, 15) is 9.59 Å². The summed E-state index contributed by atoms with van der Waals surface area (Å²) in [6, 6.07) is 11.8. The number of rotatable bonds is 3. The van der Waals surface area contributed by atoms with Gasteiger partial charge in [0.05, 0.1) is 16.4 Å². The van der Waals surface area contributed by atoms with E-state index in [2.05, 4.69) is 10.4 Å². The highest BCUT2D eigenvalue weighted by Crippen LogP contribution is 2.33. The third-order valence-corrected chi connectivity index (χ3v) is 6.25. The lowest BCUT2D eigenvalue weighted by atomic mass is 10.1. The average molecular weight is 492 g/mol. The Morgan fingerprint density at radius 3 is 2.25 bits per heavy atom. The van der Waals surface area contributed by atoms with Gasteiger partial charge in [-0.1, -0.05) is 46.9 Å². The molecule has 1 aliphatic rings. The van der Waals surface area contributed by atoms with Crippen molar-refractivity contribution in [3.63, 3.8) is 0 Å². The van der Waals surface area contributed by atoms with Gasteiger partial charge in [0.15, 0.2) is 5.69 Å². The molecule has 1 saturated heterocycles. The van der Waals surface area contributed by atoms with E-state index in [0.29, 0.717) is 45.1 Å². The Kier molecular flexibility index (Phi) is 6.74. The van der Waals surface area contributed by atoms with Crippen molar-refractivity contribution in [3.8, 4) is 16.9 Å². The minimum absolute atomic E-state index is 0.145. The van der Waals surface area contributed by atoms with E-state index in [-0.39, 0.29) is 5.69 Å². The number of likely N-dealkylation sites (tertiary alicyclic amines) is 1. The molecule has 0 saturated carbocycles. The molecule has 1 N–H and O–H groups in total. The summed E-state index contributed by atoms with van der Waals surface area (Å²) < 4.78 is 1.59. The van der Waals surface area contributed by atoms with Crippen LogP contribution >= 0.6 is 34.8 Å². The summed E-state index contributed by atoms with van der Waals surface area (Å²) in [5, 5.41) is 8.48. The van der Waals surface area contributed by atoms with Gasteiger partial charge in [-0.25, -0.2) is 9.48 Å². The van der Waals surface area contributed by atoms with Gasteiger partial charge in [0, 0.05) is 34.3 Å². The van der Waals surface area contributed by atoms with Crippen LogP contribution in [0.2, 0.25) is 15.1 Å². The van der Waals surface area contributed by atoms with Crippen LogP contribution in [-0.2, 0) is 0 Å². The highest BCUT2D eigenvalue weighted by atomic mass is 35.5. The maximum atomic E-state index is 13.0. The summed E-state index contributed by atoms with van der Waals surface area (Å²) in [5.74, 6) is -0.558. The van der Waals surface area contributed by atoms with Crippen molar-refractivity contribution in [3.05, 3.63) is 68.8 Å². The molecule has 6 nitrogen and oxygen atoms in total. The molecule has 0 atom stereocenters. The number of piperidine rings is 1. The average Bonchev–Trinajstić information content (AvgIpc) is 3.12. The molecule has 3 amide bonds. The van der Waals surface area contributed by atoms with Gasteiger partial charge >= 0.3 is 6.03 Å². The van der Waals surface area contributed by atoms with Crippen LogP contribution in [0.4, 0.5) is 4.79 Å². The molecule has 4 rings (SSSR count). The molecule has 1 aliphatic heterocycles. The van der Waals surface area contributed by atoms with Gasteiger partial charge in [-0.15, -0.1) is 0 Å². The van der Waals surface area contributed by atoms with Crippen LogP contribution in [-0.4, -0.2) is 39.7 Å². The number of hydrogen-bond acceptors (Lipinski definition) is 3. The lowest BCUT2D eigenvalue weighted by molar-refractivity contribution is 0.0943. The Morgan fingerprint density at radius 1 is 0.938 bits per heavy atom. The van der Waals surface area contributed by atoms with E-state index in [4.69, 9.17) is 34.8 Å². The molecular weight excluding hydrogens is 471 g/mol. The summed E-state index contributed by atoms with van der Waals surface area (Å²) in [4.78, 5) is 27.2. The minimum atomic E-state index is -0.558. The quantitative estimate of drug-likeness (QED) is 0.478. The number of aromatic nitrogens is 2. The molecule has 0 radical (unpaired) electrons. The molecular formula is C23H21Cl3N4O2. The van der Waals surface area contributed by atoms with Crippen molar-refractivity contribution >= 4 is 46.7 Å². The van der Waals surface area contributed by atoms with Crippen LogP contribution in [0.5, 0.6) is 0 Å². The minimum Gasteiger partial charge on any atom is -0.324 e. The largest absolute Gasteiger partial charge is 0.324 e. The first-order valence-corrected chi connectivity index (χ1v) is 11.4. The van der Waals surface area contributed by atoms with Gasteiger partial charge in [0.25, 0.3) is 5.91 Å². The van der Waals surface area contributed by atoms with E-state index in [1.165, 1.54) is 0 Å². The van der Waals surface area contributed by atoms with Gasteiger partial charge in [0.1, 0.15) is 0 Å². The number of imide groups is 1. The summed E-state index contributed by atoms with van der Waals surface area (Å²) in [6.07, 6.45) is 2.96. The molecule has 3 aromatic rings. The first-order chi connectivity index (χ1) is 15.3. The van der Waals surface area contributed by atoms with Crippen molar-refractivity contribution < 1.29 is 9.59 Å². The summed E-state index contributed by atoms with van der Waals surface area (Å²) in [7, 11) is 0. The molecule has 0 spiro atoms. The maximum Gasteiger partial charge on any atom is 0.324 e. The number of urea groups is 1. The van der Waals surface area contributed by atoms with Gasteiger partial charge in [-0.3, -0.25) is 10.1 Å². The number of halogens is 3. The third-order valence-electron chi connectivity index (χ3n) is 5.46. The maximum absolute atomic E-state index is 13.0. The SMILES string of the molecule is Cc1c(C(=O)NC(=O)N2CCCCC2)nn(-c2ccc(Cl)cc2Cl)c1-c1ccc(Cl)cc1. The Balaban J connectivity index is 1.76. The Bertz CT molecular complexity index is 1170. The second kappa shape index (κ2) is 9.53. The molecule has 32 heavy (non-hydrogen) atoms. The zero-order valence-corrected chi connectivity index (χ0v) is 19.6. The molecule has 2 heterocycles. The van der Waals surface area contributed by atoms with Crippen LogP contribution in [0.15, 0.2) is 42.5 Å². The fourth-order valence-electron chi connectivity index (χ4n) is 3.82. The standard InChI is InChI=1S/C23H21Cl3N4O2/c1-14-20(22(31)27-23(32)29-11-3-2-4-12-29)28-30(19-10-9-17(25)13-18(19)26)21(14)15-5-7-16(24)8-6-15/h5-10,13H,2-4,11-12H2,1H3,(H,27,31,32). The molecule has 166 valence electrons. The second-order valence-electron chi connectivity index (χ2n) is 7.64. The normalized spacial score (nSPS) is 13.8. The lowest BCUT2D eigenvalue weighted by Gasteiger charge is -2.26. The number of benzene rings is 2. The molecule has 0 aliphatic carbocycles. The predicted molar refractivity (Wildman–Crippen MR) is 127 cm³/mol. The van der Waals surface area contributed by atoms with Crippen LogP contribution < -0.4 is 5.32 Å². The second-order valence-corrected chi connectivity index (χ2v) is 8.92.